The third kappa shape index (κ3) is 4.71. The minimum Gasteiger partial charge on any atom is -0.481 e. The zero-order valence-corrected chi connectivity index (χ0v) is 15.6. The summed E-state index contributed by atoms with van der Waals surface area (Å²) >= 11 is 3.38. The third-order valence-electron chi connectivity index (χ3n) is 3.86. The molecule has 1 heterocycles. The number of hydrogen-bond acceptors (Lipinski definition) is 4. The molecule has 0 aliphatic carbocycles. The minimum absolute atomic E-state index is 0.174. The average Bonchev–Trinajstić information content (AvgIpc) is 3.05. The molecule has 0 bridgehead atoms. The SMILES string of the molecule is CSc1ccc(/C=C(\CCCC(=O)O)c2nc3ccccc3s2)cc1. The number of aromatic nitrogens is 1. The van der Waals surface area contributed by atoms with Crippen molar-refractivity contribution in [2.24, 2.45) is 0 Å². The van der Waals surface area contributed by atoms with Crippen LogP contribution in [0.3, 0.4) is 0 Å². The summed E-state index contributed by atoms with van der Waals surface area (Å²) in [5.41, 5.74) is 3.20. The van der Waals surface area contributed by atoms with Gasteiger partial charge in [0.15, 0.2) is 0 Å². The molecule has 1 N–H and O–H groups in total. The zero-order valence-electron chi connectivity index (χ0n) is 13.9. The number of carboxylic acids is 1. The van der Waals surface area contributed by atoms with E-state index in [2.05, 4.69) is 42.7 Å². The number of fused-ring (bicyclic) bond motifs is 1. The summed E-state index contributed by atoms with van der Waals surface area (Å²) in [6, 6.07) is 16.5. The Kier molecular flexibility index (Phi) is 5.89. The van der Waals surface area contributed by atoms with Gasteiger partial charge < -0.3 is 5.11 Å². The van der Waals surface area contributed by atoms with Gasteiger partial charge in [0.25, 0.3) is 0 Å². The molecule has 0 amide bonds. The summed E-state index contributed by atoms with van der Waals surface area (Å²) in [7, 11) is 0. The number of nitrogens with zero attached hydrogens (tertiary/aromatic N) is 1. The molecule has 0 saturated carbocycles. The molecule has 2 aromatic carbocycles. The maximum Gasteiger partial charge on any atom is 0.303 e. The molecule has 128 valence electrons. The molecule has 0 saturated heterocycles. The van der Waals surface area contributed by atoms with Crippen LogP contribution in [0.5, 0.6) is 0 Å². The number of allylic oxidation sites excluding steroid dienone is 1. The van der Waals surface area contributed by atoms with Gasteiger partial charge in [0.1, 0.15) is 5.01 Å². The van der Waals surface area contributed by atoms with Crippen molar-refractivity contribution in [3.05, 3.63) is 59.1 Å². The molecule has 3 nitrogen and oxygen atoms in total. The summed E-state index contributed by atoms with van der Waals surface area (Å²) in [5.74, 6) is -0.757. The lowest BCUT2D eigenvalue weighted by Gasteiger charge is -2.05. The fourth-order valence-electron chi connectivity index (χ4n) is 2.58. The lowest BCUT2D eigenvalue weighted by atomic mass is 10.1. The van der Waals surface area contributed by atoms with Crippen molar-refractivity contribution in [3.8, 4) is 0 Å². The summed E-state index contributed by atoms with van der Waals surface area (Å²) in [6.45, 7) is 0. The van der Waals surface area contributed by atoms with E-state index in [0.717, 1.165) is 26.4 Å². The van der Waals surface area contributed by atoms with E-state index in [1.165, 1.54) is 4.90 Å². The topological polar surface area (TPSA) is 50.2 Å². The normalized spacial score (nSPS) is 11.8. The maximum absolute atomic E-state index is 10.9. The molecule has 0 spiro atoms. The van der Waals surface area contributed by atoms with Gasteiger partial charge in [-0.1, -0.05) is 24.3 Å². The Balaban J connectivity index is 1.92. The van der Waals surface area contributed by atoms with Crippen LogP contribution in [-0.2, 0) is 4.79 Å². The number of hydrogen-bond donors (Lipinski definition) is 1. The van der Waals surface area contributed by atoms with E-state index >= 15 is 0 Å². The first-order valence-electron chi connectivity index (χ1n) is 8.08. The van der Waals surface area contributed by atoms with E-state index in [1.807, 2.05) is 18.2 Å². The van der Waals surface area contributed by atoms with Gasteiger partial charge in [-0.25, -0.2) is 4.98 Å². The largest absolute Gasteiger partial charge is 0.481 e. The van der Waals surface area contributed by atoms with Crippen LogP contribution < -0.4 is 0 Å². The van der Waals surface area contributed by atoms with E-state index in [1.54, 1.807) is 23.1 Å². The van der Waals surface area contributed by atoms with Crippen LogP contribution in [0.25, 0.3) is 21.9 Å². The predicted octanol–water partition coefficient (Wildman–Crippen LogP) is 5.81. The van der Waals surface area contributed by atoms with Gasteiger partial charge in [-0.05, 0) is 60.6 Å². The highest BCUT2D eigenvalue weighted by Crippen LogP contribution is 2.31. The standard InChI is InChI=1S/C20H19NO2S2/c1-24-16-11-9-14(10-12-16)13-15(5-4-8-19(22)23)20-21-17-6-2-3-7-18(17)25-20/h2-3,6-7,9-13H,4-5,8H2,1H3,(H,22,23)/b15-13+. The Morgan fingerprint density at radius 2 is 1.92 bits per heavy atom. The van der Waals surface area contributed by atoms with Crippen molar-refractivity contribution in [2.45, 2.75) is 24.2 Å². The lowest BCUT2D eigenvalue weighted by molar-refractivity contribution is -0.137. The lowest BCUT2D eigenvalue weighted by Crippen LogP contribution is -1.94. The molecule has 0 aliphatic rings. The van der Waals surface area contributed by atoms with Crippen molar-refractivity contribution < 1.29 is 9.90 Å². The number of thioether (sulfide) groups is 1. The van der Waals surface area contributed by atoms with Crippen LogP contribution in [0, 0.1) is 0 Å². The Labute approximate surface area is 155 Å². The minimum atomic E-state index is -0.757. The highest BCUT2D eigenvalue weighted by molar-refractivity contribution is 7.98. The molecule has 0 aliphatic heterocycles. The van der Waals surface area contributed by atoms with Crippen molar-refractivity contribution in [1.82, 2.24) is 4.98 Å². The van der Waals surface area contributed by atoms with Gasteiger partial charge in [0.2, 0.25) is 0 Å². The first-order chi connectivity index (χ1) is 12.2. The van der Waals surface area contributed by atoms with E-state index in [0.29, 0.717) is 12.8 Å². The summed E-state index contributed by atoms with van der Waals surface area (Å²) in [4.78, 5) is 16.8. The first kappa shape index (κ1) is 17.7. The molecule has 3 rings (SSSR count). The second-order valence-corrected chi connectivity index (χ2v) is 7.59. The second-order valence-electron chi connectivity index (χ2n) is 5.68. The van der Waals surface area contributed by atoms with Gasteiger partial charge in [-0.15, -0.1) is 23.1 Å². The number of carboxylic acid groups (broad SMARTS) is 1. The third-order valence-corrected chi connectivity index (χ3v) is 5.72. The number of aliphatic carboxylic acids is 1. The van der Waals surface area contributed by atoms with Crippen molar-refractivity contribution in [2.75, 3.05) is 6.26 Å². The molecular weight excluding hydrogens is 350 g/mol. The molecule has 5 heteroatoms. The van der Waals surface area contributed by atoms with E-state index in [-0.39, 0.29) is 6.42 Å². The van der Waals surface area contributed by atoms with Gasteiger partial charge >= 0.3 is 5.97 Å². The summed E-state index contributed by atoms with van der Waals surface area (Å²) in [6.07, 6.45) is 5.68. The molecule has 0 radical (unpaired) electrons. The van der Waals surface area contributed by atoms with Crippen LogP contribution in [0.2, 0.25) is 0 Å². The molecule has 25 heavy (non-hydrogen) atoms. The van der Waals surface area contributed by atoms with Crippen molar-refractivity contribution >= 4 is 50.9 Å². The molecule has 3 aromatic rings. The number of benzene rings is 2. The molecule has 1 aromatic heterocycles. The van der Waals surface area contributed by atoms with E-state index in [4.69, 9.17) is 10.1 Å². The maximum atomic E-state index is 10.9. The number of thiazole rings is 1. The number of para-hydroxylation sites is 1. The number of rotatable bonds is 7. The van der Waals surface area contributed by atoms with Crippen LogP contribution in [-0.4, -0.2) is 22.3 Å². The zero-order chi connectivity index (χ0) is 17.6. The molecule has 0 unspecified atom stereocenters. The Morgan fingerprint density at radius 3 is 2.60 bits per heavy atom. The van der Waals surface area contributed by atoms with Gasteiger partial charge in [0.05, 0.1) is 10.2 Å². The molecular formula is C20H19NO2S2. The van der Waals surface area contributed by atoms with E-state index in [9.17, 15) is 4.79 Å². The fourth-order valence-corrected chi connectivity index (χ4v) is 4.00. The Morgan fingerprint density at radius 1 is 1.16 bits per heavy atom. The smallest absolute Gasteiger partial charge is 0.303 e. The molecule has 0 fully saturated rings. The van der Waals surface area contributed by atoms with Crippen LogP contribution >= 0.6 is 23.1 Å². The fraction of sp³-hybridized carbons (Fsp3) is 0.200. The van der Waals surface area contributed by atoms with Crippen molar-refractivity contribution in [1.29, 1.82) is 0 Å². The Bertz CT molecular complexity index is 864. The van der Waals surface area contributed by atoms with Gasteiger partial charge in [-0.3, -0.25) is 4.79 Å². The predicted molar refractivity (Wildman–Crippen MR) is 107 cm³/mol. The summed E-state index contributed by atoms with van der Waals surface area (Å²) < 4.78 is 1.15. The monoisotopic (exact) mass is 369 g/mol. The van der Waals surface area contributed by atoms with Gasteiger partial charge in [-0.2, -0.15) is 0 Å². The number of carbonyl (C=O) groups is 1. The van der Waals surface area contributed by atoms with Gasteiger partial charge in [0, 0.05) is 11.3 Å². The Hall–Kier alpha value is -2.11. The van der Waals surface area contributed by atoms with Crippen molar-refractivity contribution in [3.63, 3.8) is 0 Å². The van der Waals surface area contributed by atoms with Crippen LogP contribution in [0.4, 0.5) is 0 Å². The second kappa shape index (κ2) is 8.32. The van der Waals surface area contributed by atoms with Crippen LogP contribution in [0.15, 0.2) is 53.4 Å². The first-order valence-corrected chi connectivity index (χ1v) is 10.1. The highest BCUT2D eigenvalue weighted by Gasteiger charge is 2.10. The molecule has 0 atom stereocenters. The summed E-state index contributed by atoms with van der Waals surface area (Å²) in [5, 5.41) is 9.90. The quantitative estimate of drug-likeness (QED) is 0.534. The average molecular weight is 370 g/mol. The van der Waals surface area contributed by atoms with E-state index < -0.39 is 5.97 Å². The van der Waals surface area contributed by atoms with Crippen LogP contribution in [0.1, 0.15) is 29.8 Å². The highest BCUT2D eigenvalue weighted by atomic mass is 32.2.